The molecule has 6 heteroatoms. The maximum Gasteiger partial charge on any atom is 0.325 e. The third kappa shape index (κ3) is 3.07. The highest BCUT2D eigenvalue weighted by Crippen LogP contribution is 2.35. The van der Waals surface area contributed by atoms with Crippen LogP contribution in [0, 0.1) is 0 Å². The van der Waals surface area contributed by atoms with Gasteiger partial charge >= 0.3 is 5.97 Å². The van der Waals surface area contributed by atoms with Crippen molar-refractivity contribution in [3.8, 4) is 22.6 Å². The molecular weight excluding hydrogens is 312 g/mol. The van der Waals surface area contributed by atoms with Gasteiger partial charge in [0.05, 0.1) is 0 Å². The first-order valence-corrected chi connectivity index (χ1v) is 7.41. The first-order chi connectivity index (χ1) is 11.1. The van der Waals surface area contributed by atoms with Crippen LogP contribution in [-0.4, -0.2) is 16.1 Å². The number of nitrogens with zero attached hydrogens (tertiary/aromatic N) is 1. The quantitative estimate of drug-likeness (QED) is 0.503. The second kappa shape index (κ2) is 6.18. The van der Waals surface area contributed by atoms with Crippen molar-refractivity contribution < 1.29 is 14.3 Å². The molecule has 0 amide bonds. The van der Waals surface area contributed by atoms with E-state index < -0.39 is 11.2 Å². The number of carboxylic acid groups (broad SMARTS) is 1. The maximum absolute atomic E-state index is 11.1. The number of oxazole rings is 1. The Labute approximate surface area is 138 Å². The van der Waals surface area contributed by atoms with Crippen LogP contribution in [0.4, 0.5) is 5.69 Å². The van der Waals surface area contributed by atoms with Crippen molar-refractivity contribution in [3.05, 3.63) is 60.5 Å². The predicted octanol–water partition coefficient (Wildman–Crippen LogP) is 3.65. The van der Waals surface area contributed by atoms with Crippen LogP contribution in [0.25, 0.3) is 22.6 Å². The number of carbonyl (C=O) groups is 1. The first kappa shape index (κ1) is 15.2. The number of nitrogens with two attached hydrogens (primary N) is 1. The van der Waals surface area contributed by atoms with Crippen molar-refractivity contribution in [2.75, 3.05) is 5.73 Å². The summed E-state index contributed by atoms with van der Waals surface area (Å²) in [4.78, 5) is 15.5. The number of aromatic nitrogens is 1. The molecule has 23 heavy (non-hydrogen) atoms. The molecule has 0 fully saturated rings. The SMILES string of the molecule is Nc1ccc(-c2oc(C(S)C(=O)O)nc2-c2ccccc2)cc1. The normalized spacial score (nSPS) is 12.0. The minimum atomic E-state index is -1.13. The standard InChI is InChI=1S/C17H14N2O3S/c18-12-8-6-11(7-9-12)14-13(10-4-2-1-3-5-10)19-16(22-14)15(23)17(20)21/h1-9,15,23H,18H2,(H,20,21). The van der Waals surface area contributed by atoms with Gasteiger partial charge in [-0.1, -0.05) is 30.3 Å². The molecule has 0 saturated heterocycles. The van der Waals surface area contributed by atoms with Crippen molar-refractivity contribution in [3.63, 3.8) is 0 Å². The summed E-state index contributed by atoms with van der Waals surface area (Å²) in [5.74, 6) is -0.573. The number of rotatable bonds is 4. The summed E-state index contributed by atoms with van der Waals surface area (Å²) in [5, 5.41) is 8.00. The molecular formula is C17H14N2O3S. The third-order valence-corrected chi connectivity index (χ3v) is 3.77. The molecule has 1 aromatic heterocycles. The lowest BCUT2D eigenvalue weighted by Gasteiger charge is -2.02. The minimum Gasteiger partial charge on any atom is -0.480 e. The van der Waals surface area contributed by atoms with Crippen LogP contribution in [0.2, 0.25) is 0 Å². The molecule has 0 radical (unpaired) electrons. The molecule has 3 rings (SSSR count). The van der Waals surface area contributed by atoms with Gasteiger partial charge < -0.3 is 15.3 Å². The Morgan fingerprint density at radius 2 is 1.74 bits per heavy atom. The monoisotopic (exact) mass is 326 g/mol. The predicted molar refractivity (Wildman–Crippen MR) is 91.2 cm³/mol. The fourth-order valence-corrected chi connectivity index (χ4v) is 2.29. The second-order valence-corrected chi connectivity index (χ2v) is 5.48. The van der Waals surface area contributed by atoms with Crippen molar-refractivity contribution in [1.29, 1.82) is 0 Å². The van der Waals surface area contributed by atoms with E-state index >= 15 is 0 Å². The molecule has 3 aromatic rings. The van der Waals surface area contributed by atoms with Gasteiger partial charge in [0, 0.05) is 16.8 Å². The van der Waals surface area contributed by atoms with Gasteiger partial charge in [0.15, 0.2) is 11.0 Å². The van der Waals surface area contributed by atoms with Crippen LogP contribution in [0.1, 0.15) is 11.1 Å². The summed E-state index contributed by atoms with van der Waals surface area (Å²) in [6.07, 6.45) is 0. The summed E-state index contributed by atoms with van der Waals surface area (Å²) in [5.41, 5.74) is 8.52. The Hall–Kier alpha value is -2.73. The van der Waals surface area contributed by atoms with E-state index in [0.717, 1.165) is 11.1 Å². The molecule has 0 bridgehead atoms. The van der Waals surface area contributed by atoms with E-state index in [0.29, 0.717) is 17.1 Å². The molecule has 0 saturated carbocycles. The number of nitrogen functional groups attached to an aromatic ring is 1. The fraction of sp³-hybridized carbons (Fsp3) is 0.0588. The number of thiol groups is 1. The number of benzene rings is 2. The highest BCUT2D eigenvalue weighted by molar-refractivity contribution is 7.81. The molecule has 2 aromatic carbocycles. The summed E-state index contributed by atoms with van der Waals surface area (Å²) in [6, 6.07) is 16.5. The minimum absolute atomic E-state index is 0.0477. The number of carboxylic acids is 1. The molecule has 5 nitrogen and oxygen atoms in total. The van der Waals surface area contributed by atoms with Crippen LogP contribution < -0.4 is 5.73 Å². The van der Waals surface area contributed by atoms with Gasteiger partial charge in [-0.05, 0) is 24.3 Å². The van der Waals surface area contributed by atoms with Crippen LogP contribution in [-0.2, 0) is 4.79 Å². The number of hydrogen-bond donors (Lipinski definition) is 3. The number of aliphatic carboxylic acids is 1. The number of anilines is 1. The second-order valence-electron chi connectivity index (χ2n) is 4.96. The Morgan fingerprint density at radius 3 is 2.35 bits per heavy atom. The van der Waals surface area contributed by atoms with Gasteiger partial charge in [0.2, 0.25) is 5.89 Å². The zero-order valence-electron chi connectivity index (χ0n) is 12.0. The molecule has 1 heterocycles. The Morgan fingerprint density at radius 1 is 1.09 bits per heavy atom. The number of hydrogen-bond acceptors (Lipinski definition) is 5. The third-order valence-electron chi connectivity index (χ3n) is 3.33. The van der Waals surface area contributed by atoms with Crippen LogP contribution >= 0.6 is 12.6 Å². The lowest BCUT2D eigenvalue weighted by atomic mass is 10.1. The smallest absolute Gasteiger partial charge is 0.325 e. The largest absolute Gasteiger partial charge is 0.480 e. The van der Waals surface area contributed by atoms with Gasteiger partial charge in [-0.3, -0.25) is 4.79 Å². The van der Waals surface area contributed by atoms with Gasteiger partial charge in [-0.15, -0.1) is 0 Å². The van der Waals surface area contributed by atoms with Gasteiger partial charge in [-0.2, -0.15) is 12.6 Å². The molecule has 0 spiro atoms. The van der Waals surface area contributed by atoms with E-state index in [-0.39, 0.29) is 5.89 Å². The molecule has 1 atom stereocenters. The van der Waals surface area contributed by atoms with E-state index in [9.17, 15) is 4.79 Å². The molecule has 116 valence electrons. The average molecular weight is 326 g/mol. The van der Waals surface area contributed by atoms with Gasteiger partial charge in [0.1, 0.15) is 5.69 Å². The van der Waals surface area contributed by atoms with E-state index in [2.05, 4.69) is 17.6 Å². The lowest BCUT2D eigenvalue weighted by molar-refractivity contribution is -0.136. The van der Waals surface area contributed by atoms with Crippen molar-refractivity contribution in [2.45, 2.75) is 5.25 Å². The fourth-order valence-electron chi connectivity index (χ4n) is 2.18. The highest BCUT2D eigenvalue weighted by atomic mass is 32.1. The zero-order chi connectivity index (χ0) is 16.4. The van der Waals surface area contributed by atoms with Crippen LogP contribution in [0.15, 0.2) is 59.0 Å². The summed E-state index contributed by atoms with van der Waals surface area (Å²) >= 11 is 4.04. The lowest BCUT2D eigenvalue weighted by Crippen LogP contribution is -2.05. The molecule has 1 unspecified atom stereocenters. The maximum atomic E-state index is 11.1. The van der Waals surface area contributed by atoms with E-state index in [1.54, 1.807) is 24.3 Å². The zero-order valence-corrected chi connectivity index (χ0v) is 12.9. The van der Waals surface area contributed by atoms with Crippen molar-refractivity contribution in [2.24, 2.45) is 0 Å². The summed E-state index contributed by atoms with van der Waals surface area (Å²) in [6.45, 7) is 0. The van der Waals surface area contributed by atoms with Crippen LogP contribution in [0.5, 0.6) is 0 Å². The van der Waals surface area contributed by atoms with Crippen molar-refractivity contribution >= 4 is 24.3 Å². The van der Waals surface area contributed by atoms with Gasteiger partial charge in [-0.25, -0.2) is 4.98 Å². The van der Waals surface area contributed by atoms with Gasteiger partial charge in [0.25, 0.3) is 0 Å². The van der Waals surface area contributed by atoms with E-state index in [1.165, 1.54) is 0 Å². The van der Waals surface area contributed by atoms with Crippen molar-refractivity contribution in [1.82, 2.24) is 4.98 Å². The topological polar surface area (TPSA) is 89.3 Å². The first-order valence-electron chi connectivity index (χ1n) is 6.89. The average Bonchev–Trinajstić information content (AvgIpc) is 3.00. The molecule has 0 aliphatic heterocycles. The molecule has 3 N–H and O–H groups in total. The van der Waals surface area contributed by atoms with E-state index in [4.69, 9.17) is 15.3 Å². The summed E-state index contributed by atoms with van der Waals surface area (Å²) in [7, 11) is 0. The Kier molecular flexibility index (Phi) is 4.08. The molecule has 0 aliphatic rings. The summed E-state index contributed by atoms with van der Waals surface area (Å²) < 4.78 is 5.71. The Balaban J connectivity index is 2.16. The highest BCUT2D eigenvalue weighted by Gasteiger charge is 2.25. The van der Waals surface area contributed by atoms with Crippen LogP contribution in [0.3, 0.4) is 0 Å². The Bertz CT molecular complexity index is 829. The van der Waals surface area contributed by atoms with E-state index in [1.807, 2.05) is 30.3 Å². The molecule has 0 aliphatic carbocycles.